The van der Waals surface area contributed by atoms with Crippen LogP contribution >= 0.6 is 0 Å². The number of carbonyl (C=O) groups is 1. The van der Waals surface area contributed by atoms with Crippen molar-refractivity contribution in [1.29, 1.82) is 0 Å². The molecule has 0 aromatic rings. The van der Waals surface area contributed by atoms with Crippen LogP contribution in [0, 0.1) is 40.9 Å². The molecule has 0 aromatic carbocycles. The Hall–Kier alpha value is -0.770. The third-order valence-corrected chi connectivity index (χ3v) is 8.04. The monoisotopic (exact) mass is 450 g/mol. The summed E-state index contributed by atoms with van der Waals surface area (Å²) in [4.78, 5) is 17.5. The molecule has 0 radical (unpaired) electrons. The van der Waals surface area contributed by atoms with Gasteiger partial charge in [-0.05, 0) is 87.5 Å². The number of nitrogens with zero attached hydrogens (tertiary/aromatic N) is 2. The first-order valence-electron chi connectivity index (χ1n) is 13.4. The standard InChI is InChI=1S/C28H54N2O2/c1-11-24(25-19-30(15-13-21(25)3)26(31)32-28(8,9)10)22(4)17-29-14-12-20(2)23(18-29)16-27(5,6)7/h20-25H,11-19H2,1-10H3. The third-order valence-electron chi connectivity index (χ3n) is 8.04. The second kappa shape index (κ2) is 11.1. The molecule has 2 saturated heterocycles. The summed E-state index contributed by atoms with van der Waals surface area (Å²) < 4.78 is 5.70. The molecule has 2 aliphatic rings. The van der Waals surface area contributed by atoms with E-state index < -0.39 is 5.60 Å². The lowest BCUT2D eigenvalue weighted by molar-refractivity contribution is -0.00255. The normalized spacial score (nSPS) is 30.1. The third kappa shape index (κ3) is 8.22. The van der Waals surface area contributed by atoms with Crippen LogP contribution in [0.4, 0.5) is 4.79 Å². The van der Waals surface area contributed by atoms with Crippen LogP contribution in [0.2, 0.25) is 0 Å². The number of hydrogen-bond donors (Lipinski definition) is 0. The Morgan fingerprint density at radius 3 is 2.19 bits per heavy atom. The Labute approximate surface area is 199 Å². The van der Waals surface area contributed by atoms with Crippen molar-refractivity contribution in [2.45, 2.75) is 101 Å². The van der Waals surface area contributed by atoms with Gasteiger partial charge in [-0.25, -0.2) is 4.79 Å². The Morgan fingerprint density at radius 2 is 1.62 bits per heavy atom. The van der Waals surface area contributed by atoms with Crippen LogP contribution in [0.5, 0.6) is 0 Å². The molecule has 0 aliphatic carbocycles. The van der Waals surface area contributed by atoms with Crippen molar-refractivity contribution in [2.24, 2.45) is 40.9 Å². The van der Waals surface area contributed by atoms with Gasteiger partial charge in [-0.3, -0.25) is 0 Å². The van der Waals surface area contributed by atoms with Gasteiger partial charge >= 0.3 is 6.09 Å². The summed E-state index contributed by atoms with van der Waals surface area (Å²) in [5.74, 6) is 4.17. The molecule has 4 heteroatoms. The summed E-state index contributed by atoms with van der Waals surface area (Å²) in [6, 6.07) is 0. The van der Waals surface area contributed by atoms with Crippen molar-refractivity contribution in [2.75, 3.05) is 32.7 Å². The highest BCUT2D eigenvalue weighted by Gasteiger charge is 2.38. The highest BCUT2D eigenvalue weighted by Crippen LogP contribution is 2.38. The molecule has 32 heavy (non-hydrogen) atoms. The number of piperidine rings is 2. The van der Waals surface area contributed by atoms with E-state index in [0.29, 0.717) is 29.1 Å². The van der Waals surface area contributed by atoms with Crippen LogP contribution in [-0.2, 0) is 4.74 Å². The van der Waals surface area contributed by atoms with E-state index in [1.165, 1.54) is 38.9 Å². The summed E-state index contributed by atoms with van der Waals surface area (Å²) in [6.07, 6.45) is 4.79. The van der Waals surface area contributed by atoms with Crippen molar-refractivity contribution in [1.82, 2.24) is 9.80 Å². The molecule has 0 aromatic heterocycles. The number of rotatable bonds is 6. The van der Waals surface area contributed by atoms with Gasteiger partial charge in [-0.1, -0.05) is 54.9 Å². The fourth-order valence-electron chi connectivity index (χ4n) is 6.26. The van der Waals surface area contributed by atoms with Crippen molar-refractivity contribution in [3.8, 4) is 0 Å². The maximum absolute atomic E-state index is 12.7. The summed E-state index contributed by atoms with van der Waals surface area (Å²) in [5.41, 5.74) is -0.0236. The van der Waals surface area contributed by atoms with Crippen LogP contribution in [-0.4, -0.2) is 54.2 Å². The van der Waals surface area contributed by atoms with Crippen molar-refractivity contribution in [3.05, 3.63) is 0 Å². The molecule has 1 amide bonds. The minimum absolute atomic E-state index is 0.132. The molecule has 6 unspecified atom stereocenters. The minimum atomic E-state index is -0.428. The van der Waals surface area contributed by atoms with E-state index in [1.54, 1.807) is 0 Å². The highest BCUT2D eigenvalue weighted by molar-refractivity contribution is 5.68. The van der Waals surface area contributed by atoms with Gasteiger partial charge in [-0.2, -0.15) is 0 Å². The maximum Gasteiger partial charge on any atom is 0.410 e. The predicted molar refractivity (Wildman–Crippen MR) is 136 cm³/mol. The number of hydrogen-bond acceptors (Lipinski definition) is 3. The number of amides is 1. The summed E-state index contributed by atoms with van der Waals surface area (Å²) in [6.45, 7) is 28.1. The van der Waals surface area contributed by atoms with E-state index in [9.17, 15) is 4.79 Å². The molecule has 0 N–H and O–H groups in total. The number of ether oxygens (including phenoxy) is 1. The number of carbonyl (C=O) groups excluding carboxylic acids is 1. The van der Waals surface area contributed by atoms with E-state index >= 15 is 0 Å². The average Bonchev–Trinajstić information content (AvgIpc) is 2.64. The van der Waals surface area contributed by atoms with Gasteiger partial charge in [0.1, 0.15) is 5.60 Å². The van der Waals surface area contributed by atoms with E-state index in [1.807, 2.05) is 25.7 Å². The summed E-state index contributed by atoms with van der Waals surface area (Å²) in [7, 11) is 0. The molecular weight excluding hydrogens is 396 g/mol. The molecule has 0 saturated carbocycles. The second-order valence-corrected chi connectivity index (χ2v) is 13.5. The zero-order chi connectivity index (χ0) is 24.3. The Morgan fingerprint density at radius 1 is 1.00 bits per heavy atom. The molecule has 2 heterocycles. The predicted octanol–water partition coefficient (Wildman–Crippen LogP) is 6.94. The fraction of sp³-hybridized carbons (Fsp3) is 0.964. The van der Waals surface area contributed by atoms with E-state index in [0.717, 1.165) is 31.3 Å². The Balaban J connectivity index is 2.01. The van der Waals surface area contributed by atoms with Crippen molar-refractivity contribution in [3.63, 3.8) is 0 Å². The SMILES string of the molecule is CCC(C(C)CN1CCC(C)C(CC(C)(C)C)C1)C1CN(C(=O)OC(C)(C)C)CCC1C. The molecule has 188 valence electrons. The first kappa shape index (κ1) is 27.5. The lowest BCUT2D eigenvalue weighted by Crippen LogP contribution is -2.49. The topological polar surface area (TPSA) is 32.8 Å². The molecular formula is C28H54N2O2. The molecule has 0 bridgehead atoms. The van der Waals surface area contributed by atoms with Crippen molar-refractivity contribution < 1.29 is 9.53 Å². The van der Waals surface area contributed by atoms with Crippen LogP contribution in [0.3, 0.4) is 0 Å². The molecule has 4 nitrogen and oxygen atoms in total. The molecule has 2 fully saturated rings. The minimum Gasteiger partial charge on any atom is -0.444 e. The van der Waals surface area contributed by atoms with Gasteiger partial charge in [0, 0.05) is 26.2 Å². The summed E-state index contributed by atoms with van der Waals surface area (Å²) >= 11 is 0. The lowest BCUT2D eigenvalue weighted by Gasteiger charge is -2.45. The average molecular weight is 451 g/mol. The van der Waals surface area contributed by atoms with E-state index in [-0.39, 0.29) is 6.09 Å². The fourth-order valence-corrected chi connectivity index (χ4v) is 6.26. The van der Waals surface area contributed by atoms with Crippen LogP contribution in [0.15, 0.2) is 0 Å². The molecule has 0 spiro atoms. The van der Waals surface area contributed by atoms with Gasteiger partial charge in [-0.15, -0.1) is 0 Å². The van der Waals surface area contributed by atoms with Crippen LogP contribution in [0.25, 0.3) is 0 Å². The molecule has 2 aliphatic heterocycles. The number of likely N-dealkylation sites (tertiary alicyclic amines) is 2. The van der Waals surface area contributed by atoms with Crippen LogP contribution in [0.1, 0.15) is 94.9 Å². The quantitative estimate of drug-likeness (QED) is 0.439. The smallest absolute Gasteiger partial charge is 0.410 e. The first-order chi connectivity index (χ1) is 14.7. The molecule has 2 rings (SSSR count). The van der Waals surface area contributed by atoms with Gasteiger partial charge in [0.05, 0.1) is 0 Å². The summed E-state index contributed by atoms with van der Waals surface area (Å²) in [5, 5.41) is 0. The largest absolute Gasteiger partial charge is 0.444 e. The van der Waals surface area contributed by atoms with Crippen molar-refractivity contribution >= 4 is 6.09 Å². The molecule has 6 atom stereocenters. The first-order valence-corrected chi connectivity index (χ1v) is 13.4. The Bertz CT molecular complexity index is 591. The van der Waals surface area contributed by atoms with E-state index in [4.69, 9.17) is 4.74 Å². The highest BCUT2D eigenvalue weighted by atomic mass is 16.6. The Kier molecular flexibility index (Phi) is 9.53. The lowest BCUT2D eigenvalue weighted by atomic mass is 9.71. The van der Waals surface area contributed by atoms with E-state index in [2.05, 4.69) is 53.4 Å². The van der Waals surface area contributed by atoms with Gasteiger partial charge < -0.3 is 14.5 Å². The maximum atomic E-state index is 12.7. The van der Waals surface area contributed by atoms with Crippen LogP contribution < -0.4 is 0 Å². The van der Waals surface area contributed by atoms with Gasteiger partial charge in [0.15, 0.2) is 0 Å². The van der Waals surface area contributed by atoms with Gasteiger partial charge in [0.2, 0.25) is 0 Å². The zero-order valence-corrected chi connectivity index (χ0v) is 23.0. The zero-order valence-electron chi connectivity index (χ0n) is 23.0. The van der Waals surface area contributed by atoms with Gasteiger partial charge in [0.25, 0.3) is 0 Å². The second-order valence-electron chi connectivity index (χ2n) is 13.5.